The first kappa shape index (κ1) is 12.7. The lowest BCUT2D eigenvalue weighted by molar-refractivity contribution is -0.140. The van der Waals surface area contributed by atoms with Gasteiger partial charge in [0.1, 0.15) is 0 Å². The van der Waals surface area contributed by atoms with Crippen molar-refractivity contribution >= 4 is 21.9 Å². The molecule has 0 rings (SSSR count). The Morgan fingerprint density at radius 2 is 2.31 bits per heavy atom. The lowest BCUT2D eigenvalue weighted by Gasteiger charge is -2.17. The lowest BCUT2D eigenvalue weighted by atomic mass is 9.99. The van der Waals surface area contributed by atoms with E-state index in [0.29, 0.717) is 19.3 Å². The molecule has 1 atom stereocenters. The molecule has 0 radical (unpaired) electrons. The minimum Gasteiger partial charge on any atom is -0.469 e. The fourth-order valence-corrected chi connectivity index (χ4v) is 1.48. The average molecular weight is 251 g/mol. The normalized spacial score (nSPS) is 15.7. The monoisotopic (exact) mass is 250 g/mol. The second-order valence-corrected chi connectivity index (χ2v) is 3.61. The number of ether oxygens (including phenoxy) is 1. The third-order valence-electron chi connectivity index (χ3n) is 1.71. The summed E-state index contributed by atoms with van der Waals surface area (Å²) in [6.45, 7) is 1.70. The summed E-state index contributed by atoms with van der Waals surface area (Å²) in [5, 5.41) is 9.63. The minimum atomic E-state index is -0.850. The first-order valence-corrected chi connectivity index (χ1v) is 5.00. The van der Waals surface area contributed by atoms with Gasteiger partial charge < -0.3 is 9.84 Å². The molecular formula is C9H15BrO3. The van der Waals surface area contributed by atoms with Crippen molar-refractivity contribution in [3.8, 4) is 0 Å². The molecule has 0 aliphatic carbocycles. The Labute approximate surface area is 86.9 Å². The van der Waals surface area contributed by atoms with E-state index in [0.717, 1.165) is 0 Å². The zero-order chi connectivity index (χ0) is 10.3. The van der Waals surface area contributed by atoms with E-state index in [2.05, 4.69) is 20.7 Å². The molecule has 0 aliphatic rings. The summed E-state index contributed by atoms with van der Waals surface area (Å²) >= 11 is 3.09. The molecule has 0 aromatic carbocycles. The number of aliphatic hydroxyl groups is 1. The van der Waals surface area contributed by atoms with E-state index >= 15 is 0 Å². The van der Waals surface area contributed by atoms with Crippen molar-refractivity contribution in [2.45, 2.75) is 31.8 Å². The smallest absolute Gasteiger partial charge is 0.305 e. The zero-order valence-corrected chi connectivity index (χ0v) is 9.50. The summed E-state index contributed by atoms with van der Waals surface area (Å²) in [5.41, 5.74) is -0.850. The van der Waals surface area contributed by atoms with Crippen LogP contribution in [-0.4, -0.2) is 23.8 Å². The summed E-state index contributed by atoms with van der Waals surface area (Å²) < 4.78 is 4.48. The molecule has 0 bridgehead atoms. The van der Waals surface area contributed by atoms with Crippen LogP contribution >= 0.6 is 15.9 Å². The Bertz CT molecular complexity index is 187. The van der Waals surface area contributed by atoms with Crippen LogP contribution in [0.15, 0.2) is 11.1 Å². The summed E-state index contributed by atoms with van der Waals surface area (Å²) in [6, 6.07) is 0. The Hall–Kier alpha value is -0.350. The molecule has 76 valence electrons. The molecule has 0 saturated heterocycles. The van der Waals surface area contributed by atoms with E-state index in [-0.39, 0.29) is 5.97 Å². The highest BCUT2D eigenvalue weighted by Gasteiger charge is 2.15. The van der Waals surface area contributed by atoms with Gasteiger partial charge in [0.05, 0.1) is 12.7 Å². The van der Waals surface area contributed by atoms with Crippen LogP contribution < -0.4 is 0 Å². The van der Waals surface area contributed by atoms with Gasteiger partial charge in [0, 0.05) is 6.42 Å². The Balaban J connectivity index is 3.69. The Morgan fingerprint density at radius 3 is 2.77 bits per heavy atom. The van der Waals surface area contributed by atoms with Crippen LogP contribution in [0.5, 0.6) is 0 Å². The summed E-state index contributed by atoms with van der Waals surface area (Å²) in [7, 11) is 1.36. The molecule has 0 fully saturated rings. The van der Waals surface area contributed by atoms with Gasteiger partial charge >= 0.3 is 5.97 Å². The van der Waals surface area contributed by atoms with Crippen LogP contribution in [0.3, 0.4) is 0 Å². The molecule has 3 nitrogen and oxygen atoms in total. The number of halogens is 1. The number of hydrogen-bond donors (Lipinski definition) is 1. The Kier molecular flexibility index (Phi) is 5.99. The maximum absolute atomic E-state index is 10.7. The third-order valence-corrected chi connectivity index (χ3v) is 1.98. The van der Waals surface area contributed by atoms with E-state index in [4.69, 9.17) is 0 Å². The molecule has 1 N–H and O–H groups in total. The standard InChI is InChI=1S/C9H15BrO3/c1-9(12,6-7-10)5-3-4-8(11)13-2/h6-7,12H,3-5H2,1-2H3/b7-6-. The fraction of sp³-hybridized carbons (Fsp3) is 0.667. The van der Waals surface area contributed by atoms with E-state index in [1.165, 1.54) is 7.11 Å². The molecular weight excluding hydrogens is 236 g/mol. The van der Waals surface area contributed by atoms with Gasteiger partial charge in [-0.25, -0.2) is 0 Å². The second kappa shape index (κ2) is 6.16. The van der Waals surface area contributed by atoms with Gasteiger partial charge in [-0.15, -0.1) is 0 Å². The van der Waals surface area contributed by atoms with Crippen molar-refractivity contribution in [1.82, 2.24) is 0 Å². The van der Waals surface area contributed by atoms with E-state index < -0.39 is 5.60 Å². The van der Waals surface area contributed by atoms with Crippen LogP contribution in [0.4, 0.5) is 0 Å². The van der Waals surface area contributed by atoms with Gasteiger partial charge in [-0.1, -0.05) is 15.9 Å². The highest BCUT2D eigenvalue weighted by Crippen LogP contribution is 2.15. The van der Waals surface area contributed by atoms with Crippen molar-refractivity contribution in [3.63, 3.8) is 0 Å². The van der Waals surface area contributed by atoms with Crippen LogP contribution in [0.1, 0.15) is 26.2 Å². The van der Waals surface area contributed by atoms with Gasteiger partial charge in [-0.2, -0.15) is 0 Å². The number of carbonyl (C=O) groups is 1. The van der Waals surface area contributed by atoms with Crippen LogP contribution in [-0.2, 0) is 9.53 Å². The summed E-state index contributed by atoms with van der Waals surface area (Å²) in [6.07, 6.45) is 3.16. The van der Waals surface area contributed by atoms with E-state index in [1.807, 2.05) is 0 Å². The molecule has 1 unspecified atom stereocenters. The molecule has 0 spiro atoms. The zero-order valence-electron chi connectivity index (χ0n) is 7.92. The maximum atomic E-state index is 10.7. The van der Waals surface area contributed by atoms with E-state index in [9.17, 15) is 9.90 Å². The molecule has 0 aromatic rings. The molecule has 0 aliphatic heterocycles. The fourth-order valence-electron chi connectivity index (χ4n) is 0.912. The van der Waals surface area contributed by atoms with Crippen LogP contribution in [0.2, 0.25) is 0 Å². The highest BCUT2D eigenvalue weighted by molar-refractivity contribution is 9.11. The van der Waals surface area contributed by atoms with Crippen molar-refractivity contribution in [2.24, 2.45) is 0 Å². The van der Waals surface area contributed by atoms with Crippen LogP contribution in [0, 0.1) is 0 Å². The molecule has 0 heterocycles. The highest BCUT2D eigenvalue weighted by atomic mass is 79.9. The number of methoxy groups -OCH3 is 1. The minimum absolute atomic E-state index is 0.237. The van der Waals surface area contributed by atoms with Crippen LogP contribution in [0.25, 0.3) is 0 Å². The summed E-state index contributed by atoms with van der Waals surface area (Å²) in [5.74, 6) is -0.237. The van der Waals surface area contributed by atoms with Gasteiger partial charge in [-0.3, -0.25) is 4.79 Å². The van der Waals surface area contributed by atoms with Gasteiger partial charge in [0.25, 0.3) is 0 Å². The largest absolute Gasteiger partial charge is 0.469 e. The summed E-state index contributed by atoms with van der Waals surface area (Å²) in [4.78, 5) is 12.3. The molecule has 0 aromatic heterocycles. The SMILES string of the molecule is COC(=O)CCCC(C)(O)/C=C\Br. The second-order valence-electron chi connectivity index (χ2n) is 3.08. The number of hydrogen-bond acceptors (Lipinski definition) is 3. The third kappa shape index (κ3) is 6.78. The molecule has 0 saturated carbocycles. The first-order chi connectivity index (χ1) is 6.02. The van der Waals surface area contributed by atoms with Gasteiger partial charge in [0.2, 0.25) is 0 Å². The Morgan fingerprint density at radius 1 is 1.69 bits per heavy atom. The predicted octanol–water partition coefficient (Wildman–Crippen LogP) is 1.99. The van der Waals surface area contributed by atoms with Crippen molar-refractivity contribution in [1.29, 1.82) is 0 Å². The van der Waals surface area contributed by atoms with E-state index in [1.54, 1.807) is 18.0 Å². The number of carbonyl (C=O) groups excluding carboxylic acids is 1. The van der Waals surface area contributed by atoms with Gasteiger partial charge in [0.15, 0.2) is 0 Å². The van der Waals surface area contributed by atoms with Crippen molar-refractivity contribution in [3.05, 3.63) is 11.1 Å². The lowest BCUT2D eigenvalue weighted by Crippen LogP contribution is -2.20. The molecule has 13 heavy (non-hydrogen) atoms. The average Bonchev–Trinajstić information content (AvgIpc) is 2.03. The predicted molar refractivity (Wildman–Crippen MR) is 54.6 cm³/mol. The van der Waals surface area contributed by atoms with Gasteiger partial charge in [-0.05, 0) is 30.8 Å². The topological polar surface area (TPSA) is 46.5 Å². The number of rotatable bonds is 5. The molecule has 4 heteroatoms. The van der Waals surface area contributed by atoms with Crippen molar-refractivity contribution in [2.75, 3.05) is 7.11 Å². The first-order valence-electron chi connectivity index (χ1n) is 4.09. The number of esters is 1. The molecule has 0 amide bonds. The van der Waals surface area contributed by atoms with Crippen molar-refractivity contribution < 1.29 is 14.6 Å². The quantitative estimate of drug-likeness (QED) is 0.760. The maximum Gasteiger partial charge on any atom is 0.305 e.